The van der Waals surface area contributed by atoms with Gasteiger partial charge in [-0.1, -0.05) is 12.8 Å². The fourth-order valence-corrected chi connectivity index (χ4v) is 5.27. The minimum atomic E-state index is 0.0500. The average Bonchev–Trinajstić information content (AvgIpc) is 3.45. The average molecular weight is 414 g/mol. The summed E-state index contributed by atoms with van der Waals surface area (Å²) < 4.78 is 8.33. The van der Waals surface area contributed by atoms with Crippen molar-refractivity contribution >= 4 is 22.9 Å². The lowest BCUT2D eigenvalue weighted by Crippen LogP contribution is -2.37. The van der Waals surface area contributed by atoms with Crippen molar-refractivity contribution in [2.45, 2.75) is 95.0 Å². The number of anilines is 2. The maximum absolute atomic E-state index is 6.10. The van der Waals surface area contributed by atoms with Crippen LogP contribution in [0.1, 0.15) is 76.7 Å². The maximum atomic E-state index is 6.10. The van der Waals surface area contributed by atoms with Gasteiger partial charge in [-0.25, -0.2) is 4.98 Å². The van der Waals surface area contributed by atoms with E-state index in [1.807, 2.05) is 6.33 Å². The molecule has 0 bridgehead atoms. The van der Waals surface area contributed by atoms with E-state index in [1.165, 1.54) is 32.1 Å². The molecule has 30 heavy (non-hydrogen) atoms. The van der Waals surface area contributed by atoms with Crippen LogP contribution in [0.25, 0.3) is 11.2 Å². The normalized spacial score (nSPS) is 28.1. The van der Waals surface area contributed by atoms with E-state index in [1.54, 1.807) is 0 Å². The van der Waals surface area contributed by atoms with E-state index in [9.17, 15) is 0 Å². The quantitative estimate of drug-likeness (QED) is 0.773. The van der Waals surface area contributed by atoms with Crippen LogP contribution in [-0.4, -0.2) is 51.5 Å². The number of nitrogens with one attached hydrogen (secondary N) is 1. The van der Waals surface area contributed by atoms with Gasteiger partial charge in [-0.3, -0.25) is 0 Å². The molecular formula is C22H35N7O. The first-order chi connectivity index (χ1) is 14.7. The Kier molecular flexibility index (Phi) is 5.78. The number of rotatable bonds is 5. The summed E-state index contributed by atoms with van der Waals surface area (Å²) in [5.74, 6) is 1.58. The molecule has 0 aromatic carbocycles. The molecule has 1 saturated heterocycles. The zero-order valence-electron chi connectivity index (χ0n) is 18.1. The molecule has 1 unspecified atom stereocenters. The van der Waals surface area contributed by atoms with Crippen LogP contribution in [0.4, 0.5) is 11.8 Å². The summed E-state index contributed by atoms with van der Waals surface area (Å²) in [5.41, 5.74) is 7.93. The Balaban J connectivity index is 1.49. The minimum Gasteiger partial charge on any atom is -0.358 e. The number of ether oxygens (including phenoxy) is 1. The molecule has 3 heterocycles. The molecule has 0 spiro atoms. The number of nitrogens with two attached hydrogens (primary N) is 1. The van der Waals surface area contributed by atoms with Crippen LogP contribution in [0.2, 0.25) is 0 Å². The van der Waals surface area contributed by atoms with Gasteiger partial charge in [-0.2, -0.15) is 9.97 Å². The number of fused-ring (bicyclic) bond motifs is 1. The van der Waals surface area contributed by atoms with Crippen molar-refractivity contribution in [3.8, 4) is 0 Å². The molecule has 2 saturated carbocycles. The van der Waals surface area contributed by atoms with Crippen LogP contribution in [0.3, 0.4) is 0 Å². The highest BCUT2D eigenvalue weighted by Crippen LogP contribution is 2.35. The Morgan fingerprint density at radius 3 is 2.53 bits per heavy atom. The fourth-order valence-electron chi connectivity index (χ4n) is 5.27. The zero-order chi connectivity index (χ0) is 20.5. The van der Waals surface area contributed by atoms with Gasteiger partial charge >= 0.3 is 0 Å². The summed E-state index contributed by atoms with van der Waals surface area (Å²) in [7, 11) is 2.08. The predicted molar refractivity (Wildman–Crippen MR) is 119 cm³/mol. The van der Waals surface area contributed by atoms with E-state index in [4.69, 9.17) is 25.4 Å². The third kappa shape index (κ3) is 3.99. The molecule has 3 fully saturated rings. The largest absolute Gasteiger partial charge is 0.358 e. The number of imidazole rings is 1. The van der Waals surface area contributed by atoms with Gasteiger partial charge in [0, 0.05) is 31.8 Å². The van der Waals surface area contributed by atoms with Gasteiger partial charge in [-0.05, 0) is 57.8 Å². The van der Waals surface area contributed by atoms with Crippen LogP contribution in [0.15, 0.2) is 6.33 Å². The topological polar surface area (TPSA) is 94.1 Å². The van der Waals surface area contributed by atoms with Gasteiger partial charge in [0.05, 0.1) is 6.33 Å². The van der Waals surface area contributed by atoms with Crippen molar-refractivity contribution in [3.63, 3.8) is 0 Å². The predicted octanol–water partition coefficient (Wildman–Crippen LogP) is 3.59. The van der Waals surface area contributed by atoms with Crippen LogP contribution >= 0.6 is 0 Å². The first-order valence-corrected chi connectivity index (χ1v) is 11.8. The lowest BCUT2D eigenvalue weighted by Gasteiger charge is -2.32. The Hall–Kier alpha value is -1.93. The van der Waals surface area contributed by atoms with Crippen LogP contribution in [0, 0.1) is 0 Å². The summed E-state index contributed by atoms with van der Waals surface area (Å²) in [4.78, 5) is 16.8. The fraction of sp³-hybridized carbons (Fsp3) is 0.773. The first kappa shape index (κ1) is 20.0. The number of aromatic nitrogens is 4. The number of hydrogen-bond acceptors (Lipinski definition) is 7. The van der Waals surface area contributed by atoms with Crippen LogP contribution in [0.5, 0.6) is 0 Å². The van der Waals surface area contributed by atoms with E-state index in [0.717, 1.165) is 62.1 Å². The van der Waals surface area contributed by atoms with Crippen LogP contribution < -0.4 is 16.0 Å². The second-order valence-electron chi connectivity index (χ2n) is 9.32. The third-order valence-corrected chi connectivity index (χ3v) is 7.15. The van der Waals surface area contributed by atoms with E-state index in [0.29, 0.717) is 24.1 Å². The molecule has 0 amide bonds. The minimum absolute atomic E-state index is 0.0500. The molecule has 5 rings (SSSR count). The van der Waals surface area contributed by atoms with Gasteiger partial charge in [0.1, 0.15) is 6.23 Å². The molecule has 8 heteroatoms. The second kappa shape index (κ2) is 8.67. The standard InChI is InChI=1S/C22H35N7O/c1-28(18-8-4-5-13-30-18)20-19-21(29(14-24-19)17-6-2-3-7-17)27-22(26-20)25-16-11-9-15(23)10-12-16/h14-18H,2-13,23H2,1H3,(H,25,26,27)/t15-,16-,18?. The maximum Gasteiger partial charge on any atom is 0.227 e. The molecule has 0 radical (unpaired) electrons. The van der Waals surface area contributed by atoms with Crippen molar-refractivity contribution in [3.05, 3.63) is 6.33 Å². The monoisotopic (exact) mass is 413 g/mol. The third-order valence-electron chi connectivity index (χ3n) is 7.15. The highest BCUT2D eigenvalue weighted by Gasteiger charge is 2.27. The molecule has 164 valence electrons. The first-order valence-electron chi connectivity index (χ1n) is 11.8. The van der Waals surface area contributed by atoms with Gasteiger partial charge in [0.15, 0.2) is 17.0 Å². The number of nitrogens with zero attached hydrogens (tertiary/aromatic N) is 5. The molecule has 1 atom stereocenters. The van der Waals surface area contributed by atoms with E-state index in [2.05, 4.69) is 21.8 Å². The van der Waals surface area contributed by atoms with Crippen molar-refractivity contribution < 1.29 is 4.74 Å². The van der Waals surface area contributed by atoms with Gasteiger partial charge in [-0.15, -0.1) is 0 Å². The van der Waals surface area contributed by atoms with Crippen molar-refractivity contribution in [2.75, 3.05) is 23.9 Å². The second-order valence-corrected chi connectivity index (χ2v) is 9.32. The van der Waals surface area contributed by atoms with Crippen molar-refractivity contribution in [1.29, 1.82) is 0 Å². The molecule has 1 aliphatic heterocycles. The van der Waals surface area contributed by atoms with Gasteiger partial charge < -0.3 is 25.3 Å². The molecule has 3 N–H and O–H groups in total. The molecule has 8 nitrogen and oxygen atoms in total. The smallest absolute Gasteiger partial charge is 0.227 e. The Labute approximate surface area is 178 Å². The zero-order valence-corrected chi connectivity index (χ0v) is 18.1. The molecule has 2 aromatic heterocycles. The van der Waals surface area contributed by atoms with E-state index >= 15 is 0 Å². The van der Waals surface area contributed by atoms with Crippen molar-refractivity contribution in [2.24, 2.45) is 5.73 Å². The SMILES string of the molecule is CN(c1nc(N[C@H]2CC[C@H](N)CC2)nc2c1ncn2C1CCCC1)C1CCCCO1. The highest BCUT2D eigenvalue weighted by molar-refractivity contribution is 5.85. The summed E-state index contributed by atoms with van der Waals surface area (Å²) in [5, 5.41) is 3.61. The summed E-state index contributed by atoms with van der Waals surface area (Å²) >= 11 is 0. The highest BCUT2D eigenvalue weighted by atomic mass is 16.5. The molecule has 3 aliphatic rings. The van der Waals surface area contributed by atoms with Gasteiger partial charge in [0.2, 0.25) is 5.95 Å². The molecule has 2 aromatic rings. The molecule has 2 aliphatic carbocycles. The number of hydrogen-bond donors (Lipinski definition) is 2. The Bertz CT molecular complexity index is 849. The summed E-state index contributed by atoms with van der Waals surface area (Å²) in [6, 6.07) is 1.21. The van der Waals surface area contributed by atoms with Crippen LogP contribution in [-0.2, 0) is 4.74 Å². The molecular weight excluding hydrogens is 378 g/mol. The van der Waals surface area contributed by atoms with Gasteiger partial charge in [0.25, 0.3) is 0 Å². The Morgan fingerprint density at radius 1 is 1.03 bits per heavy atom. The lowest BCUT2D eigenvalue weighted by atomic mass is 9.92. The lowest BCUT2D eigenvalue weighted by molar-refractivity contribution is 0.0171. The Morgan fingerprint density at radius 2 is 1.80 bits per heavy atom. The van der Waals surface area contributed by atoms with E-state index < -0.39 is 0 Å². The van der Waals surface area contributed by atoms with Crippen molar-refractivity contribution in [1.82, 2.24) is 19.5 Å². The van der Waals surface area contributed by atoms with E-state index in [-0.39, 0.29) is 6.23 Å². The summed E-state index contributed by atoms with van der Waals surface area (Å²) in [6.45, 7) is 0.813. The summed E-state index contributed by atoms with van der Waals surface area (Å²) in [6.07, 6.45) is 14.6.